The van der Waals surface area contributed by atoms with Crippen LogP contribution in [0.1, 0.15) is 62.6 Å². The molecule has 2 aromatic carbocycles. The van der Waals surface area contributed by atoms with E-state index in [-0.39, 0.29) is 5.60 Å². The van der Waals surface area contributed by atoms with E-state index < -0.39 is 5.41 Å². The Labute approximate surface area is 202 Å². The highest BCUT2D eigenvalue weighted by molar-refractivity contribution is 5.59. The Morgan fingerprint density at radius 3 is 2.15 bits per heavy atom. The second-order valence-electron chi connectivity index (χ2n) is 10.7. The van der Waals surface area contributed by atoms with E-state index in [1.54, 1.807) is 0 Å². The molecule has 0 spiro atoms. The minimum atomic E-state index is -0.433. The smallest absolute Gasteiger partial charge is 0.110 e. The second-order valence-corrected chi connectivity index (χ2v) is 10.7. The van der Waals surface area contributed by atoms with Crippen LogP contribution < -0.4 is 0 Å². The Bertz CT molecular complexity index is 1160. The predicted molar refractivity (Wildman–Crippen MR) is 133 cm³/mol. The van der Waals surface area contributed by atoms with Crippen LogP contribution in [-0.4, -0.2) is 16.4 Å². The maximum Gasteiger partial charge on any atom is 0.110 e. The highest BCUT2D eigenvalue weighted by Crippen LogP contribution is 2.50. The Morgan fingerprint density at radius 2 is 1.53 bits per heavy atom. The van der Waals surface area contributed by atoms with E-state index in [1.165, 1.54) is 31.4 Å². The highest BCUT2D eigenvalue weighted by Gasteiger charge is 2.48. The maximum atomic E-state index is 10.3. The molecule has 0 saturated heterocycles. The molecule has 0 amide bonds. The molecule has 34 heavy (non-hydrogen) atoms. The maximum absolute atomic E-state index is 10.3. The summed E-state index contributed by atoms with van der Waals surface area (Å²) in [6.45, 7) is 1.79. The van der Waals surface area contributed by atoms with Gasteiger partial charge in [-0.2, -0.15) is 10.4 Å². The molecule has 3 fully saturated rings. The van der Waals surface area contributed by atoms with Crippen molar-refractivity contribution in [3.05, 3.63) is 78.0 Å². The van der Waals surface area contributed by atoms with Gasteiger partial charge in [-0.05, 0) is 74.8 Å². The van der Waals surface area contributed by atoms with Crippen molar-refractivity contribution in [2.24, 2.45) is 11.8 Å². The second kappa shape index (κ2) is 8.71. The Morgan fingerprint density at radius 1 is 0.882 bits per heavy atom. The van der Waals surface area contributed by atoms with Crippen molar-refractivity contribution >= 4 is 0 Å². The van der Waals surface area contributed by atoms with Crippen LogP contribution >= 0.6 is 0 Å². The molecule has 0 aliphatic heterocycles. The van der Waals surface area contributed by atoms with E-state index in [1.807, 2.05) is 6.07 Å². The third-order valence-corrected chi connectivity index (χ3v) is 8.19. The number of hydrogen-bond donors (Lipinski definition) is 0. The van der Waals surface area contributed by atoms with Gasteiger partial charge in [0.2, 0.25) is 0 Å². The lowest BCUT2D eigenvalue weighted by atomic mass is 9.65. The lowest BCUT2D eigenvalue weighted by molar-refractivity contribution is -0.0936. The topological polar surface area (TPSA) is 50.8 Å². The van der Waals surface area contributed by atoms with Crippen molar-refractivity contribution in [2.75, 3.05) is 6.61 Å². The van der Waals surface area contributed by atoms with Gasteiger partial charge in [0.1, 0.15) is 5.60 Å². The molecular formula is C30H33N3O. The first-order valence-electron chi connectivity index (χ1n) is 12.9. The molecular weight excluding hydrogens is 418 g/mol. The van der Waals surface area contributed by atoms with Gasteiger partial charge in [-0.25, -0.2) is 0 Å². The van der Waals surface area contributed by atoms with Crippen molar-refractivity contribution in [2.45, 2.75) is 68.9 Å². The summed E-state index contributed by atoms with van der Waals surface area (Å²) in [5, 5.41) is 15.4. The summed E-state index contributed by atoms with van der Waals surface area (Å²) < 4.78 is 9.13. The fourth-order valence-electron chi connectivity index (χ4n) is 5.56. The highest BCUT2D eigenvalue weighted by atomic mass is 16.5. The quantitative estimate of drug-likeness (QED) is 0.387. The monoisotopic (exact) mass is 451 g/mol. The van der Waals surface area contributed by atoms with E-state index >= 15 is 0 Å². The van der Waals surface area contributed by atoms with E-state index in [4.69, 9.17) is 9.84 Å². The normalized spacial score (nSPS) is 26.8. The molecule has 0 radical (unpaired) electrons. The Balaban J connectivity index is 1.37. The summed E-state index contributed by atoms with van der Waals surface area (Å²) in [6, 6.07) is 25.9. The molecule has 3 saturated carbocycles. The minimum Gasteiger partial charge on any atom is -0.368 e. The van der Waals surface area contributed by atoms with Gasteiger partial charge in [0.15, 0.2) is 0 Å². The van der Waals surface area contributed by atoms with Crippen LogP contribution in [0.5, 0.6) is 0 Å². The molecule has 4 heteroatoms. The zero-order chi connectivity index (χ0) is 23.0. The first-order valence-corrected chi connectivity index (χ1v) is 12.9. The molecule has 0 N–H and O–H groups in total. The average molecular weight is 452 g/mol. The van der Waals surface area contributed by atoms with Crippen molar-refractivity contribution in [3.8, 4) is 17.3 Å². The molecule has 3 aliphatic rings. The first kappa shape index (κ1) is 21.6. The molecule has 3 aromatic rings. The van der Waals surface area contributed by atoms with Crippen molar-refractivity contribution in [3.63, 3.8) is 0 Å². The number of aromatic nitrogens is 2. The van der Waals surface area contributed by atoms with Crippen LogP contribution in [0, 0.1) is 23.2 Å². The fourth-order valence-corrected chi connectivity index (χ4v) is 5.56. The van der Waals surface area contributed by atoms with Gasteiger partial charge in [0.25, 0.3) is 0 Å². The SMILES string of the molecule is N#C[C@]1(c2ccccc2)CC[C@](OCC2CC2)(c2cc(-c3ccccc3)nn2CC2CC2)CC1. The molecule has 1 aromatic heterocycles. The summed E-state index contributed by atoms with van der Waals surface area (Å²) in [7, 11) is 0. The van der Waals surface area contributed by atoms with Crippen LogP contribution in [0.4, 0.5) is 0 Å². The number of nitriles is 1. The van der Waals surface area contributed by atoms with Gasteiger partial charge in [0, 0.05) is 12.1 Å². The third kappa shape index (κ3) is 4.18. The zero-order valence-corrected chi connectivity index (χ0v) is 19.8. The van der Waals surface area contributed by atoms with Gasteiger partial charge in [-0.3, -0.25) is 4.68 Å². The standard InChI is InChI=1S/C30H33N3O/c31-22-29(26-9-5-2-6-10-26)15-17-30(18-16-29,34-21-24-13-14-24)28-19-27(25-7-3-1-4-8-25)32-33(28)20-23-11-12-23/h1-10,19,23-24H,11-18,20-21H2/t29-,30+. The largest absolute Gasteiger partial charge is 0.368 e. The number of nitrogens with zero attached hydrogens (tertiary/aromatic N) is 3. The molecule has 0 atom stereocenters. The molecule has 4 nitrogen and oxygen atoms in total. The van der Waals surface area contributed by atoms with Gasteiger partial charge in [0.05, 0.1) is 29.5 Å². The molecule has 0 bridgehead atoms. The van der Waals surface area contributed by atoms with Crippen LogP contribution in [0.2, 0.25) is 0 Å². The third-order valence-electron chi connectivity index (χ3n) is 8.19. The predicted octanol–water partition coefficient (Wildman–Crippen LogP) is 6.62. The van der Waals surface area contributed by atoms with E-state index in [0.717, 1.165) is 61.6 Å². The number of rotatable bonds is 8. The summed E-state index contributed by atoms with van der Waals surface area (Å²) in [5.74, 6) is 1.43. The fraction of sp³-hybridized carbons (Fsp3) is 0.467. The lowest BCUT2D eigenvalue weighted by Gasteiger charge is -2.44. The van der Waals surface area contributed by atoms with E-state index in [9.17, 15) is 5.26 Å². The summed E-state index contributed by atoms with van der Waals surface area (Å²) >= 11 is 0. The van der Waals surface area contributed by atoms with Gasteiger partial charge in [-0.1, -0.05) is 60.7 Å². The average Bonchev–Trinajstić information content (AvgIpc) is 3.83. The van der Waals surface area contributed by atoms with E-state index in [0.29, 0.717) is 5.92 Å². The zero-order valence-electron chi connectivity index (χ0n) is 19.8. The van der Waals surface area contributed by atoms with Crippen LogP contribution in [0.25, 0.3) is 11.3 Å². The first-order chi connectivity index (χ1) is 16.7. The molecule has 174 valence electrons. The summed E-state index contributed by atoms with van der Waals surface area (Å²) in [6.07, 6.45) is 8.47. The number of hydrogen-bond acceptors (Lipinski definition) is 3. The molecule has 0 unspecified atom stereocenters. The van der Waals surface area contributed by atoms with Crippen molar-refractivity contribution in [1.29, 1.82) is 5.26 Å². The van der Waals surface area contributed by atoms with Gasteiger partial charge in [-0.15, -0.1) is 0 Å². The van der Waals surface area contributed by atoms with Gasteiger partial charge >= 0.3 is 0 Å². The van der Waals surface area contributed by atoms with Gasteiger partial charge < -0.3 is 4.74 Å². The minimum absolute atomic E-state index is 0.368. The van der Waals surface area contributed by atoms with Crippen molar-refractivity contribution in [1.82, 2.24) is 9.78 Å². The summed E-state index contributed by atoms with van der Waals surface area (Å²) in [5.41, 5.74) is 3.75. The van der Waals surface area contributed by atoms with E-state index in [2.05, 4.69) is 71.4 Å². The van der Waals surface area contributed by atoms with Crippen molar-refractivity contribution < 1.29 is 4.74 Å². The Hall–Kier alpha value is -2.90. The number of benzene rings is 2. The molecule has 6 rings (SSSR count). The Kier molecular flexibility index (Phi) is 5.54. The molecule has 1 heterocycles. The summed E-state index contributed by atoms with van der Waals surface area (Å²) in [4.78, 5) is 0. The van der Waals surface area contributed by atoms with Crippen LogP contribution in [-0.2, 0) is 22.3 Å². The molecule has 3 aliphatic carbocycles. The van der Waals surface area contributed by atoms with Crippen LogP contribution in [0.3, 0.4) is 0 Å². The lowest BCUT2D eigenvalue weighted by Crippen LogP contribution is -2.42. The number of ether oxygens (including phenoxy) is 1. The van der Waals surface area contributed by atoms with Crippen LogP contribution in [0.15, 0.2) is 66.7 Å².